The highest BCUT2D eigenvalue weighted by atomic mass is 19.3. The van der Waals surface area contributed by atoms with Crippen molar-refractivity contribution in [2.24, 2.45) is 5.41 Å². The van der Waals surface area contributed by atoms with Crippen LogP contribution in [0.1, 0.15) is 58.8 Å². The predicted molar refractivity (Wildman–Crippen MR) is 72.4 cm³/mol. The number of hydrogen-bond donors (Lipinski definition) is 1. The van der Waals surface area contributed by atoms with Crippen LogP contribution in [0, 0.1) is 5.41 Å². The summed E-state index contributed by atoms with van der Waals surface area (Å²) in [5.41, 5.74) is 0.193. The Kier molecular flexibility index (Phi) is 4.83. The van der Waals surface area contributed by atoms with Gasteiger partial charge in [0.2, 0.25) is 0 Å². The Morgan fingerprint density at radius 2 is 1.84 bits per heavy atom. The summed E-state index contributed by atoms with van der Waals surface area (Å²) in [6.45, 7) is 3.83. The summed E-state index contributed by atoms with van der Waals surface area (Å²) in [5, 5.41) is 9.97. The Morgan fingerprint density at radius 3 is 2.37 bits per heavy atom. The zero-order valence-electron chi connectivity index (χ0n) is 12.1. The van der Waals surface area contributed by atoms with Crippen LogP contribution in [-0.2, 0) is 0 Å². The number of rotatable bonds is 4. The molecule has 0 aromatic rings. The number of aliphatic hydroxyl groups excluding tert-OH is 1. The quantitative estimate of drug-likeness (QED) is 0.849. The van der Waals surface area contributed by atoms with E-state index in [1.54, 1.807) is 0 Å². The third-order valence-electron chi connectivity index (χ3n) is 5.19. The molecule has 4 heteroatoms. The van der Waals surface area contributed by atoms with Gasteiger partial charge in [-0.1, -0.05) is 12.8 Å². The topological polar surface area (TPSA) is 23.5 Å². The molecule has 0 radical (unpaired) electrons. The number of alkyl halides is 2. The molecule has 19 heavy (non-hydrogen) atoms. The lowest BCUT2D eigenvalue weighted by Gasteiger charge is -2.50. The molecule has 0 heterocycles. The third-order valence-corrected chi connectivity index (χ3v) is 5.19. The molecular weight excluding hydrogens is 248 g/mol. The van der Waals surface area contributed by atoms with E-state index in [1.807, 2.05) is 18.7 Å². The SMILES string of the molecule is CC(C)N(CC(F)F)C1CC(O)CCC12CCCC2. The van der Waals surface area contributed by atoms with Crippen LogP contribution in [0.2, 0.25) is 0 Å². The van der Waals surface area contributed by atoms with Crippen LogP contribution < -0.4 is 0 Å². The number of hydrogen-bond acceptors (Lipinski definition) is 2. The van der Waals surface area contributed by atoms with E-state index in [4.69, 9.17) is 0 Å². The van der Waals surface area contributed by atoms with Gasteiger partial charge in [0, 0.05) is 12.1 Å². The summed E-state index contributed by atoms with van der Waals surface area (Å²) in [7, 11) is 0. The molecule has 2 rings (SSSR count). The van der Waals surface area contributed by atoms with Crippen molar-refractivity contribution in [2.45, 2.75) is 83.4 Å². The second kappa shape index (κ2) is 6.04. The van der Waals surface area contributed by atoms with Crippen molar-refractivity contribution in [1.29, 1.82) is 0 Å². The first-order valence-corrected chi connectivity index (χ1v) is 7.66. The van der Waals surface area contributed by atoms with Crippen LogP contribution >= 0.6 is 0 Å². The minimum atomic E-state index is -2.29. The van der Waals surface area contributed by atoms with Crippen LogP contribution in [0.15, 0.2) is 0 Å². The van der Waals surface area contributed by atoms with Crippen molar-refractivity contribution in [2.75, 3.05) is 6.54 Å². The van der Waals surface area contributed by atoms with Crippen LogP contribution in [-0.4, -0.2) is 41.2 Å². The third kappa shape index (κ3) is 3.27. The highest BCUT2D eigenvalue weighted by molar-refractivity contribution is 5.01. The standard InChI is InChI=1S/C15H27F2NO/c1-11(2)18(10-14(16)17)13-9-12(19)5-8-15(13)6-3-4-7-15/h11-14,19H,3-10H2,1-2H3. The van der Waals surface area contributed by atoms with E-state index < -0.39 is 6.43 Å². The molecule has 2 saturated carbocycles. The first kappa shape index (κ1) is 15.2. The Bertz CT molecular complexity index is 290. The maximum Gasteiger partial charge on any atom is 0.251 e. The minimum Gasteiger partial charge on any atom is -0.393 e. The van der Waals surface area contributed by atoms with Gasteiger partial charge in [0.15, 0.2) is 0 Å². The van der Waals surface area contributed by atoms with Crippen LogP contribution in [0.4, 0.5) is 8.78 Å². The summed E-state index contributed by atoms with van der Waals surface area (Å²) in [5.74, 6) is 0. The first-order chi connectivity index (χ1) is 8.94. The number of nitrogens with zero attached hydrogens (tertiary/aromatic N) is 1. The first-order valence-electron chi connectivity index (χ1n) is 7.66. The summed E-state index contributed by atoms with van der Waals surface area (Å²) < 4.78 is 25.7. The van der Waals surface area contributed by atoms with Gasteiger partial charge in [-0.2, -0.15) is 0 Å². The number of halogens is 2. The lowest BCUT2D eigenvalue weighted by atomic mass is 9.67. The summed E-state index contributed by atoms with van der Waals surface area (Å²) >= 11 is 0. The molecule has 2 fully saturated rings. The molecule has 2 unspecified atom stereocenters. The Balaban J connectivity index is 2.19. The fraction of sp³-hybridized carbons (Fsp3) is 1.00. The molecule has 0 saturated heterocycles. The maximum absolute atomic E-state index is 12.9. The molecular formula is C15H27F2NO. The highest BCUT2D eigenvalue weighted by Crippen LogP contribution is 2.51. The van der Waals surface area contributed by atoms with Crippen molar-refractivity contribution in [3.63, 3.8) is 0 Å². The Morgan fingerprint density at radius 1 is 1.21 bits per heavy atom. The second-order valence-electron chi connectivity index (χ2n) is 6.70. The number of aliphatic hydroxyl groups is 1. The lowest BCUT2D eigenvalue weighted by Crippen LogP contribution is -2.55. The fourth-order valence-electron chi connectivity index (χ4n) is 4.25. The van der Waals surface area contributed by atoms with Crippen LogP contribution in [0.5, 0.6) is 0 Å². The average Bonchev–Trinajstić information content (AvgIpc) is 2.79. The summed E-state index contributed by atoms with van der Waals surface area (Å²) in [6.07, 6.45) is 4.65. The molecule has 1 spiro atoms. The molecule has 2 nitrogen and oxygen atoms in total. The molecule has 1 N–H and O–H groups in total. The zero-order chi connectivity index (χ0) is 14.0. The van der Waals surface area contributed by atoms with Gasteiger partial charge >= 0.3 is 0 Å². The van der Waals surface area contributed by atoms with Gasteiger partial charge < -0.3 is 5.11 Å². The maximum atomic E-state index is 12.9. The van der Waals surface area contributed by atoms with Crippen molar-refractivity contribution < 1.29 is 13.9 Å². The largest absolute Gasteiger partial charge is 0.393 e. The fourth-order valence-corrected chi connectivity index (χ4v) is 4.25. The molecule has 0 aliphatic heterocycles. The van der Waals surface area contributed by atoms with E-state index in [-0.39, 0.29) is 30.1 Å². The van der Waals surface area contributed by atoms with Gasteiger partial charge in [0.25, 0.3) is 6.43 Å². The van der Waals surface area contributed by atoms with Crippen LogP contribution in [0.3, 0.4) is 0 Å². The Hall–Kier alpha value is -0.220. The van der Waals surface area contributed by atoms with Gasteiger partial charge in [-0.3, -0.25) is 4.90 Å². The average molecular weight is 275 g/mol. The van der Waals surface area contributed by atoms with E-state index in [2.05, 4.69) is 0 Å². The van der Waals surface area contributed by atoms with Crippen molar-refractivity contribution in [3.8, 4) is 0 Å². The van der Waals surface area contributed by atoms with Gasteiger partial charge in [-0.15, -0.1) is 0 Å². The normalized spacial score (nSPS) is 30.9. The van der Waals surface area contributed by atoms with E-state index in [0.29, 0.717) is 6.42 Å². The van der Waals surface area contributed by atoms with E-state index in [0.717, 1.165) is 25.7 Å². The highest BCUT2D eigenvalue weighted by Gasteiger charge is 2.48. The van der Waals surface area contributed by atoms with Crippen molar-refractivity contribution in [3.05, 3.63) is 0 Å². The minimum absolute atomic E-state index is 0.113. The molecule has 0 amide bonds. The zero-order valence-corrected chi connectivity index (χ0v) is 12.1. The summed E-state index contributed by atoms with van der Waals surface area (Å²) in [6, 6.07) is 0.245. The van der Waals surface area contributed by atoms with E-state index >= 15 is 0 Å². The molecule has 2 aliphatic carbocycles. The molecule has 112 valence electrons. The molecule has 2 aliphatic rings. The van der Waals surface area contributed by atoms with E-state index in [9.17, 15) is 13.9 Å². The van der Waals surface area contributed by atoms with Gasteiger partial charge in [0.1, 0.15) is 0 Å². The molecule has 0 aromatic heterocycles. The lowest BCUT2D eigenvalue weighted by molar-refractivity contribution is -0.0577. The Labute approximate surface area is 115 Å². The monoisotopic (exact) mass is 275 g/mol. The molecule has 2 atom stereocenters. The molecule has 0 bridgehead atoms. The van der Waals surface area contributed by atoms with Crippen LogP contribution in [0.25, 0.3) is 0 Å². The van der Waals surface area contributed by atoms with E-state index in [1.165, 1.54) is 12.8 Å². The van der Waals surface area contributed by atoms with Gasteiger partial charge in [0.05, 0.1) is 12.6 Å². The summed E-state index contributed by atoms with van der Waals surface area (Å²) in [4.78, 5) is 1.96. The van der Waals surface area contributed by atoms with Crippen molar-refractivity contribution in [1.82, 2.24) is 4.90 Å². The second-order valence-corrected chi connectivity index (χ2v) is 6.70. The smallest absolute Gasteiger partial charge is 0.251 e. The molecule has 0 aromatic carbocycles. The van der Waals surface area contributed by atoms with Gasteiger partial charge in [-0.05, 0) is 51.4 Å². The predicted octanol–water partition coefficient (Wildman–Crippen LogP) is 3.44. The van der Waals surface area contributed by atoms with Gasteiger partial charge in [-0.25, -0.2) is 8.78 Å². The van der Waals surface area contributed by atoms with Crippen molar-refractivity contribution >= 4 is 0 Å².